The summed E-state index contributed by atoms with van der Waals surface area (Å²) < 4.78 is 11.2. The van der Waals surface area contributed by atoms with E-state index in [-0.39, 0.29) is 30.2 Å². The summed E-state index contributed by atoms with van der Waals surface area (Å²) in [4.78, 5) is 11.9. The number of aliphatic hydroxyl groups is 1. The summed E-state index contributed by atoms with van der Waals surface area (Å²) in [5.41, 5.74) is -0.455. The molecule has 0 aromatic heterocycles. The van der Waals surface area contributed by atoms with Crippen LogP contribution in [0.1, 0.15) is 53.9 Å². The molecule has 0 aromatic carbocycles. The van der Waals surface area contributed by atoms with Gasteiger partial charge in [0.1, 0.15) is 5.60 Å². The third-order valence-corrected chi connectivity index (χ3v) is 3.08. The van der Waals surface area contributed by atoms with Gasteiger partial charge in [0, 0.05) is 0 Å². The maximum absolute atomic E-state index is 11.9. The molecule has 1 saturated heterocycles. The normalized spacial score (nSPS) is 27.9. The molecule has 18 heavy (non-hydrogen) atoms. The number of carbonyl (C=O) groups is 1. The van der Waals surface area contributed by atoms with Gasteiger partial charge in [-0.25, -0.2) is 0 Å². The van der Waals surface area contributed by atoms with Crippen molar-refractivity contribution in [2.24, 2.45) is 5.92 Å². The Morgan fingerprint density at radius 3 is 2.50 bits per heavy atom. The van der Waals surface area contributed by atoms with Gasteiger partial charge in [-0.3, -0.25) is 4.79 Å². The molecule has 1 aliphatic rings. The minimum absolute atomic E-state index is 0.0693. The van der Waals surface area contributed by atoms with Crippen LogP contribution in [-0.2, 0) is 14.3 Å². The molecular formula is C14H26O4. The first-order valence-electron chi connectivity index (χ1n) is 6.75. The minimum atomic E-state index is -0.455. The SMILES string of the molecule is CC(O)CC1CCC(C(C)C(=O)OC(C)(C)C)O1. The van der Waals surface area contributed by atoms with Crippen molar-refractivity contribution >= 4 is 5.97 Å². The van der Waals surface area contributed by atoms with Crippen LogP contribution in [0.2, 0.25) is 0 Å². The molecule has 106 valence electrons. The van der Waals surface area contributed by atoms with Crippen LogP contribution < -0.4 is 0 Å². The first-order chi connectivity index (χ1) is 8.19. The molecule has 0 saturated carbocycles. The van der Waals surface area contributed by atoms with E-state index in [0.29, 0.717) is 6.42 Å². The lowest BCUT2D eigenvalue weighted by Gasteiger charge is -2.25. The lowest BCUT2D eigenvalue weighted by atomic mass is 10.0. The molecule has 4 nitrogen and oxygen atoms in total. The summed E-state index contributed by atoms with van der Waals surface area (Å²) in [5.74, 6) is -0.451. The standard InChI is InChI=1S/C14H26O4/c1-9(15)8-11-6-7-12(17-11)10(2)13(16)18-14(3,4)5/h9-12,15H,6-8H2,1-5H3. The van der Waals surface area contributed by atoms with Gasteiger partial charge in [-0.05, 0) is 53.9 Å². The predicted molar refractivity (Wildman–Crippen MR) is 69.2 cm³/mol. The summed E-state index contributed by atoms with van der Waals surface area (Å²) in [6, 6.07) is 0. The van der Waals surface area contributed by atoms with Crippen LogP contribution in [0, 0.1) is 5.92 Å². The van der Waals surface area contributed by atoms with Gasteiger partial charge in [-0.2, -0.15) is 0 Å². The Kier molecular flexibility index (Phi) is 5.17. The Hall–Kier alpha value is -0.610. The van der Waals surface area contributed by atoms with Crippen molar-refractivity contribution < 1.29 is 19.4 Å². The van der Waals surface area contributed by atoms with E-state index in [4.69, 9.17) is 9.47 Å². The van der Waals surface area contributed by atoms with Crippen LogP contribution >= 0.6 is 0 Å². The number of hydrogen-bond acceptors (Lipinski definition) is 4. The molecule has 1 aliphatic heterocycles. The topological polar surface area (TPSA) is 55.8 Å². The molecule has 0 spiro atoms. The van der Waals surface area contributed by atoms with Crippen LogP contribution in [0.4, 0.5) is 0 Å². The maximum Gasteiger partial charge on any atom is 0.311 e. The molecule has 1 heterocycles. The van der Waals surface area contributed by atoms with E-state index < -0.39 is 5.60 Å². The van der Waals surface area contributed by atoms with Gasteiger partial charge in [-0.1, -0.05) is 0 Å². The fourth-order valence-electron chi connectivity index (χ4n) is 2.20. The van der Waals surface area contributed by atoms with Crippen molar-refractivity contribution in [2.45, 2.75) is 77.8 Å². The molecule has 0 radical (unpaired) electrons. The number of carbonyl (C=O) groups excluding carboxylic acids is 1. The summed E-state index contributed by atoms with van der Waals surface area (Å²) in [7, 11) is 0. The van der Waals surface area contributed by atoms with E-state index >= 15 is 0 Å². The Morgan fingerprint density at radius 2 is 2.00 bits per heavy atom. The first-order valence-corrected chi connectivity index (χ1v) is 6.75. The van der Waals surface area contributed by atoms with Gasteiger partial charge in [0.2, 0.25) is 0 Å². The number of aliphatic hydroxyl groups excluding tert-OH is 1. The van der Waals surface area contributed by atoms with Gasteiger partial charge < -0.3 is 14.6 Å². The van der Waals surface area contributed by atoms with Crippen molar-refractivity contribution in [2.75, 3.05) is 0 Å². The average molecular weight is 258 g/mol. The monoisotopic (exact) mass is 258 g/mol. The smallest absolute Gasteiger partial charge is 0.311 e. The van der Waals surface area contributed by atoms with Gasteiger partial charge >= 0.3 is 5.97 Å². The maximum atomic E-state index is 11.9. The van der Waals surface area contributed by atoms with Crippen molar-refractivity contribution in [3.63, 3.8) is 0 Å². The Balaban J connectivity index is 2.44. The Bertz CT molecular complexity index is 280. The number of ether oxygens (including phenoxy) is 2. The third-order valence-electron chi connectivity index (χ3n) is 3.08. The lowest BCUT2D eigenvalue weighted by Crippen LogP contribution is -2.33. The van der Waals surface area contributed by atoms with Crippen LogP contribution in [0.5, 0.6) is 0 Å². The largest absolute Gasteiger partial charge is 0.460 e. The second-order valence-electron chi connectivity index (χ2n) is 6.28. The number of rotatable bonds is 4. The van der Waals surface area contributed by atoms with E-state index in [0.717, 1.165) is 12.8 Å². The van der Waals surface area contributed by atoms with Gasteiger partial charge in [0.25, 0.3) is 0 Å². The van der Waals surface area contributed by atoms with Crippen LogP contribution in [0.3, 0.4) is 0 Å². The zero-order valence-electron chi connectivity index (χ0n) is 12.1. The zero-order chi connectivity index (χ0) is 13.9. The zero-order valence-corrected chi connectivity index (χ0v) is 12.1. The Morgan fingerprint density at radius 1 is 1.39 bits per heavy atom. The van der Waals surface area contributed by atoms with Crippen LogP contribution in [0.25, 0.3) is 0 Å². The molecule has 1 rings (SSSR count). The minimum Gasteiger partial charge on any atom is -0.460 e. The molecule has 1 N–H and O–H groups in total. The van der Waals surface area contributed by atoms with Crippen LogP contribution in [-0.4, -0.2) is 35.0 Å². The molecule has 0 aromatic rings. The molecular weight excluding hydrogens is 232 g/mol. The van der Waals surface area contributed by atoms with Crippen molar-refractivity contribution in [1.29, 1.82) is 0 Å². The molecule has 4 heteroatoms. The molecule has 4 unspecified atom stereocenters. The van der Waals surface area contributed by atoms with E-state index in [2.05, 4.69) is 0 Å². The summed E-state index contributed by atoms with van der Waals surface area (Å²) in [6.07, 6.45) is 2.03. The highest BCUT2D eigenvalue weighted by atomic mass is 16.6. The second kappa shape index (κ2) is 6.02. The number of esters is 1. The summed E-state index contributed by atoms with van der Waals surface area (Å²) >= 11 is 0. The van der Waals surface area contributed by atoms with E-state index in [1.54, 1.807) is 6.92 Å². The van der Waals surface area contributed by atoms with Crippen molar-refractivity contribution in [3.05, 3.63) is 0 Å². The van der Waals surface area contributed by atoms with Crippen LogP contribution in [0.15, 0.2) is 0 Å². The van der Waals surface area contributed by atoms with Crippen molar-refractivity contribution in [3.8, 4) is 0 Å². The van der Waals surface area contributed by atoms with Gasteiger partial charge in [0.15, 0.2) is 0 Å². The highest BCUT2D eigenvalue weighted by Crippen LogP contribution is 2.29. The summed E-state index contributed by atoms with van der Waals surface area (Å²) in [5, 5.41) is 9.33. The molecule has 0 amide bonds. The van der Waals surface area contributed by atoms with Gasteiger partial charge in [0.05, 0.1) is 24.2 Å². The highest BCUT2D eigenvalue weighted by Gasteiger charge is 2.35. The molecule has 0 aliphatic carbocycles. The third kappa shape index (κ3) is 4.94. The number of hydrogen-bond donors (Lipinski definition) is 1. The average Bonchev–Trinajstić information content (AvgIpc) is 2.61. The van der Waals surface area contributed by atoms with E-state index in [1.807, 2.05) is 27.7 Å². The predicted octanol–water partition coefficient (Wildman–Crippen LogP) is 2.28. The molecule has 4 atom stereocenters. The fraction of sp³-hybridized carbons (Fsp3) is 0.929. The molecule has 0 bridgehead atoms. The lowest BCUT2D eigenvalue weighted by molar-refractivity contribution is -0.164. The summed E-state index contributed by atoms with van der Waals surface area (Å²) in [6.45, 7) is 9.20. The molecule has 1 fully saturated rings. The Labute approximate surface area is 110 Å². The van der Waals surface area contributed by atoms with E-state index in [9.17, 15) is 9.90 Å². The van der Waals surface area contributed by atoms with Gasteiger partial charge in [-0.15, -0.1) is 0 Å². The second-order valence-corrected chi connectivity index (χ2v) is 6.28. The highest BCUT2D eigenvalue weighted by molar-refractivity contribution is 5.73. The first kappa shape index (κ1) is 15.4. The van der Waals surface area contributed by atoms with Crippen molar-refractivity contribution in [1.82, 2.24) is 0 Å². The fourth-order valence-corrected chi connectivity index (χ4v) is 2.20. The quantitative estimate of drug-likeness (QED) is 0.786. The van der Waals surface area contributed by atoms with E-state index in [1.165, 1.54) is 0 Å².